The zero-order chi connectivity index (χ0) is 15.5. The SMILES string of the molecule is O=C(Nc1cccc(N2CCCC2=O)c1)c1ccc[nH]c1=O. The number of H-pyrrole nitrogens is 1. The van der Waals surface area contributed by atoms with Crippen molar-refractivity contribution < 1.29 is 9.59 Å². The Morgan fingerprint density at radius 1 is 1.18 bits per heavy atom. The number of nitrogens with zero attached hydrogens (tertiary/aromatic N) is 1. The third kappa shape index (κ3) is 2.76. The van der Waals surface area contributed by atoms with Crippen molar-refractivity contribution in [1.29, 1.82) is 0 Å². The van der Waals surface area contributed by atoms with Crippen molar-refractivity contribution in [2.75, 3.05) is 16.8 Å². The quantitative estimate of drug-likeness (QED) is 0.905. The van der Waals surface area contributed by atoms with Crippen LogP contribution in [-0.2, 0) is 4.79 Å². The standard InChI is InChI=1S/C16H15N3O3/c20-14-7-3-9-19(14)12-5-1-4-11(10-12)18-16(22)13-6-2-8-17-15(13)21/h1-2,4-6,8,10H,3,7,9H2,(H,17,21)(H,18,22). The summed E-state index contributed by atoms with van der Waals surface area (Å²) in [5.74, 6) is -0.394. The summed E-state index contributed by atoms with van der Waals surface area (Å²) in [7, 11) is 0. The molecule has 6 heteroatoms. The molecule has 0 saturated carbocycles. The van der Waals surface area contributed by atoms with E-state index in [-0.39, 0.29) is 11.5 Å². The van der Waals surface area contributed by atoms with Crippen molar-refractivity contribution in [2.45, 2.75) is 12.8 Å². The molecular formula is C16H15N3O3. The van der Waals surface area contributed by atoms with Gasteiger partial charge in [-0.15, -0.1) is 0 Å². The zero-order valence-electron chi connectivity index (χ0n) is 11.8. The summed E-state index contributed by atoms with van der Waals surface area (Å²) in [6.45, 7) is 0.689. The van der Waals surface area contributed by atoms with Crippen molar-refractivity contribution in [1.82, 2.24) is 4.98 Å². The summed E-state index contributed by atoms with van der Waals surface area (Å²) in [5, 5.41) is 2.68. The van der Waals surface area contributed by atoms with Crippen LogP contribution in [0.4, 0.5) is 11.4 Å². The minimum absolute atomic E-state index is 0.0464. The Labute approximate surface area is 126 Å². The Bertz CT molecular complexity index is 782. The molecule has 1 aliphatic rings. The molecule has 1 aromatic carbocycles. The van der Waals surface area contributed by atoms with Gasteiger partial charge in [0.05, 0.1) is 0 Å². The summed E-state index contributed by atoms with van der Waals surface area (Å²) < 4.78 is 0. The Hall–Kier alpha value is -2.89. The third-order valence-corrected chi connectivity index (χ3v) is 3.55. The first-order valence-corrected chi connectivity index (χ1v) is 7.04. The number of hydrogen-bond acceptors (Lipinski definition) is 3. The highest BCUT2D eigenvalue weighted by molar-refractivity contribution is 6.04. The van der Waals surface area contributed by atoms with E-state index >= 15 is 0 Å². The average molecular weight is 297 g/mol. The van der Waals surface area contributed by atoms with Crippen molar-refractivity contribution in [3.63, 3.8) is 0 Å². The molecule has 2 aromatic rings. The predicted octanol–water partition coefficient (Wildman–Crippen LogP) is 1.75. The first-order chi connectivity index (χ1) is 10.6. The molecule has 22 heavy (non-hydrogen) atoms. The van der Waals surface area contributed by atoms with E-state index in [1.165, 1.54) is 12.3 Å². The molecule has 1 saturated heterocycles. The molecule has 6 nitrogen and oxygen atoms in total. The summed E-state index contributed by atoms with van der Waals surface area (Å²) >= 11 is 0. The number of aromatic amines is 1. The molecule has 1 fully saturated rings. The Morgan fingerprint density at radius 2 is 2.05 bits per heavy atom. The van der Waals surface area contributed by atoms with Crippen LogP contribution in [-0.4, -0.2) is 23.3 Å². The van der Waals surface area contributed by atoms with Crippen LogP contribution in [0, 0.1) is 0 Å². The van der Waals surface area contributed by atoms with E-state index in [0.29, 0.717) is 18.7 Å². The normalized spacial score (nSPS) is 14.2. The van der Waals surface area contributed by atoms with Crippen LogP contribution < -0.4 is 15.8 Å². The van der Waals surface area contributed by atoms with Crippen LogP contribution in [0.1, 0.15) is 23.2 Å². The van der Waals surface area contributed by atoms with Crippen LogP contribution in [0.15, 0.2) is 47.4 Å². The molecule has 0 unspecified atom stereocenters. The fraction of sp³-hybridized carbons (Fsp3) is 0.188. The smallest absolute Gasteiger partial charge is 0.261 e. The van der Waals surface area contributed by atoms with E-state index < -0.39 is 11.5 Å². The highest BCUT2D eigenvalue weighted by Gasteiger charge is 2.21. The van der Waals surface area contributed by atoms with Crippen molar-refractivity contribution in [3.8, 4) is 0 Å². The lowest BCUT2D eigenvalue weighted by Gasteiger charge is -2.16. The maximum atomic E-state index is 12.1. The summed E-state index contributed by atoms with van der Waals surface area (Å²) in [4.78, 5) is 39.6. The zero-order valence-corrected chi connectivity index (χ0v) is 11.8. The van der Waals surface area contributed by atoms with E-state index in [1.807, 2.05) is 6.07 Å². The van der Waals surface area contributed by atoms with Gasteiger partial charge in [0.15, 0.2) is 0 Å². The molecule has 2 N–H and O–H groups in total. The molecular weight excluding hydrogens is 282 g/mol. The van der Waals surface area contributed by atoms with E-state index in [2.05, 4.69) is 10.3 Å². The second-order valence-electron chi connectivity index (χ2n) is 5.07. The van der Waals surface area contributed by atoms with Gasteiger partial charge in [-0.2, -0.15) is 0 Å². The first kappa shape index (κ1) is 14.1. The Kier molecular flexibility index (Phi) is 3.74. The second kappa shape index (κ2) is 5.85. The number of carbonyl (C=O) groups excluding carboxylic acids is 2. The van der Waals surface area contributed by atoms with Gasteiger partial charge < -0.3 is 15.2 Å². The molecule has 0 atom stereocenters. The minimum Gasteiger partial charge on any atom is -0.328 e. The molecule has 3 rings (SSSR count). The fourth-order valence-corrected chi connectivity index (χ4v) is 2.47. The van der Waals surface area contributed by atoms with Crippen LogP contribution >= 0.6 is 0 Å². The van der Waals surface area contributed by atoms with Gasteiger partial charge >= 0.3 is 0 Å². The highest BCUT2D eigenvalue weighted by Crippen LogP contribution is 2.24. The van der Waals surface area contributed by atoms with Gasteiger partial charge in [-0.1, -0.05) is 6.07 Å². The Morgan fingerprint density at radius 3 is 2.77 bits per heavy atom. The van der Waals surface area contributed by atoms with E-state index in [0.717, 1.165) is 12.1 Å². The second-order valence-corrected chi connectivity index (χ2v) is 5.07. The van der Waals surface area contributed by atoms with E-state index in [1.54, 1.807) is 29.2 Å². The molecule has 2 amide bonds. The number of anilines is 2. The number of aromatic nitrogens is 1. The van der Waals surface area contributed by atoms with E-state index in [4.69, 9.17) is 0 Å². The van der Waals surface area contributed by atoms with Gasteiger partial charge in [-0.25, -0.2) is 0 Å². The van der Waals surface area contributed by atoms with Crippen LogP contribution in [0.5, 0.6) is 0 Å². The first-order valence-electron chi connectivity index (χ1n) is 7.04. The summed E-state index contributed by atoms with van der Waals surface area (Å²) in [5.41, 5.74) is 0.906. The number of nitrogens with one attached hydrogen (secondary N) is 2. The fourth-order valence-electron chi connectivity index (χ4n) is 2.47. The van der Waals surface area contributed by atoms with E-state index in [9.17, 15) is 14.4 Å². The number of benzene rings is 1. The molecule has 0 bridgehead atoms. The van der Waals surface area contributed by atoms with Gasteiger partial charge in [0.2, 0.25) is 5.91 Å². The van der Waals surface area contributed by atoms with Gasteiger partial charge in [-0.3, -0.25) is 14.4 Å². The number of pyridine rings is 1. The van der Waals surface area contributed by atoms with Crippen molar-refractivity contribution in [3.05, 3.63) is 58.5 Å². The average Bonchev–Trinajstić information content (AvgIpc) is 2.94. The summed E-state index contributed by atoms with van der Waals surface area (Å²) in [6.07, 6.45) is 2.86. The molecule has 1 aromatic heterocycles. The van der Waals surface area contributed by atoms with Gasteiger partial charge in [0.1, 0.15) is 5.56 Å². The highest BCUT2D eigenvalue weighted by atomic mass is 16.2. The lowest BCUT2D eigenvalue weighted by molar-refractivity contribution is -0.117. The molecule has 2 heterocycles. The van der Waals surface area contributed by atoms with Crippen molar-refractivity contribution >= 4 is 23.2 Å². The monoisotopic (exact) mass is 297 g/mol. The molecule has 0 radical (unpaired) electrons. The maximum absolute atomic E-state index is 12.1. The van der Waals surface area contributed by atoms with Gasteiger partial charge in [-0.05, 0) is 36.8 Å². The Balaban J connectivity index is 1.81. The number of carbonyl (C=O) groups is 2. The van der Waals surface area contributed by atoms with Crippen LogP contribution in [0.25, 0.3) is 0 Å². The summed E-state index contributed by atoms with van der Waals surface area (Å²) in [6, 6.07) is 10.1. The molecule has 0 spiro atoms. The van der Waals surface area contributed by atoms with Crippen LogP contribution in [0.3, 0.4) is 0 Å². The topological polar surface area (TPSA) is 82.3 Å². The molecule has 0 aliphatic carbocycles. The van der Waals surface area contributed by atoms with Gasteiger partial charge in [0, 0.05) is 30.5 Å². The minimum atomic E-state index is -0.480. The third-order valence-electron chi connectivity index (χ3n) is 3.55. The van der Waals surface area contributed by atoms with Crippen LogP contribution in [0.2, 0.25) is 0 Å². The molecule has 112 valence electrons. The van der Waals surface area contributed by atoms with Gasteiger partial charge in [0.25, 0.3) is 11.5 Å². The number of rotatable bonds is 3. The lowest BCUT2D eigenvalue weighted by Crippen LogP contribution is -2.24. The number of hydrogen-bond donors (Lipinski definition) is 2. The largest absolute Gasteiger partial charge is 0.328 e. The maximum Gasteiger partial charge on any atom is 0.261 e. The molecule has 1 aliphatic heterocycles. The predicted molar refractivity (Wildman–Crippen MR) is 83.0 cm³/mol. The van der Waals surface area contributed by atoms with Crippen molar-refractivity contribution in [2.24, 2.45) is 0 Å². The lowest BCUT2D eigenvalue weighted by atomic mass is 10.2. The number of amides is 2.